The van der Waals surface area contributed by atoms with E-state index in [0.717, 1.165) is 54.9 Å². The highest BCUT2D eigenvalue weighted by Gasteiger charge is 2.65. The third-order valence-corrected chi connectivity index (χ3v) is 15.1. The number of fused-ring (bicyclic) bond motifs is 6. The Bertz CT molecular complexity index is 1850. The molecular formula is C45H55N3O4. The second kappa shape index (κ2) is 13.6. The number of rotatable bonds is 6. The maximum atomic E-state index is 14.2. The first-order valence-electron chi connectivity index (χ1n) is 19.8. The maximum absolute atomic E-state index is 14.2. The molecule has 3 aromatic rings. The number of carbonyl (C=O) groups excluding carboxylic acids is 2. The molecule has 5 aliphatic rings. The Morgan fingerprint density at radius 1 is 0.904 bits per heavy atom. The number of benzene rings is 3. The van der Waals surface area contributed by atoms with E-state index in [1.807, 2.05) is 77.7 Å². The minimum absolute atomic E-state index is 0.0577. The zero-order valence-corrected chi connectivity index (χ0v) is 30.8. The summed E-state index contributed by atoms with van der Waals surface area (Å²) in [5, 5.41) is 28.3. The van der Waals surface area contributed by atoms with Crippen LogP contribution < -0.4 is 5.32 Å². The molecule has 4 aliphatic carbocycles. The highest BCUT2D eigenvalue weighted by molar-refractivity contribution is 6.00. The van der Waals surface area contributed by atoms with Gasteiger partial charge in [0.15, 0.2) is 0 Å². The predicted molar refractivity (Wildman–Crippen MR) is 204 cm³/mol. The van der Waals surface area contributed by atoms with E-state index in [2.05, 4.69) is 30.0 Å². The van der Waals surface area contributed by atoms with Crippen molar-refractivity contribution in [3.63, 3.8) is 0 Å². The fraction of sp³-hybridized carbons (Fsp3) is 0.556. The van der Waals surface area contributed by atoms with Crippen molar-refractivity contribution in [2.45, 2.75) is 95.4 Å². The van der Waals surface area contributed by atoms with Crippen molar-refractivity contribution >= 4 is 22.6 Å². The summed E-state index contributed by atoms with van der Waals surface area (Å²) in [6, 6.07) is 22.9. The molecule has 8 rings (SSSR count). The van der Waals surface area contributed by atoms with Crippen molar-refractivity contribution < 1.29 is 19.8 Å². The summed E-state index contributed by atoms with van der Waals surface area (Å²) in [5.74, 6) is 4.62. The molecule has 0 radical (unpaired) electrons. The van der Waals surface area contributed by atoms with Crippen LogP contribution in [0.1, 0.15) is 81.1 Å². The van der Waals surface area contributed by atoms with Crippen LogP contribution in [0, 0.1) is 46.8 Å². The van der Waals surface area contributed by atoms with E-state index >= 15 is 0 Å². The molecule has 7 nitrogen and oxygen atoms in total. The molecule has 5 fully saturated rings. The number of hydrogen-bond donors (Lipinski definition) is 3. The zero-order chi connectivity index (χ0) is 36.3. The molecular weight excluding hydrogens is 647 g/mol. The van der Waals surface area contributed by atoms with Gasteiger partial charge in [0.1, 0.15) is 11.6 Å². The molecule has 10 atom stereocenters. The van der Waals surface area contributed by atoms with Crippen LogP contribution in [0.3, 0.4) is 0 Å². The van der Waals surface area contributed by atoms with Gasteiger partial charge in [0.05, 0.1) is 6.10 Å². The maximum Gasteiger partial charge on any atom is 0.251 e. The molecule has 52 heavy (non-hydrogen) atoms. The van der Waals surface area contributed by atoms with Crippen LogP contribution >= 0.6 is 0 Å². The van der Waals surface area contributed by atoms with Gasteiger partial charge in [-0.25, -0.2) is 0 Å². The largest absolute Gasteiger partial charge is 0.391 e. The van der Waals surface area contributed by atoms with Gasteiger partial charge in [-0.1, -0.05) is 80.4 Å². The molecule has 0 aromatic heterocycles. The number of carbonyl (C=O) groups is 2. The third kappa shape index (κ3) is 5.96. The van der Waals surface area contributed by atoms with Crippen molar-refractivity contribution in [1.82, 2.24) is 15.1 Å². The molecule has 2 amide bonds. The van der Waals surface area contributed by atoms with E-state index in [9.17, 15) is 19.8 Å². The number of nitrogens with one attached hydrogen (secondary N) is 1. The van der Waals surface area contributed by atoms with Gasteiger partial charge >= 0.3 is 0 Å². The SMILES string of the molecule is C#C[C@]1(O)CC[C@H]2[C@@H]3CCC4C[C@H](O)[C@@H](N5CCN(C(=O)[C@H](Cc6ccccc6)NC(=O)c6ccc7ccccc7c6)CC5)C[C@]4(C)[C@H]3CC[C@@]21C. The predicted octanol–water partition coefficient (Wildman–Crippen LogP) is 6.07. The summed E-state index contributed by atoms with van der Waals surface area (Å²) in [6.45, 7) is 7.30. The minimum Gasteiger partial charge on any atom is -0.391 e. The summed E-state index contributed by atoms with van der Waals surface area (Å²) in [7, 11) is 0. The lowest BCUT2D eigenvalue weighted by Crippen LogP contribution is -2.63. The molecule has 3 aromatic carbocycles. The van der Waals surface area contributed by atoms with Crippen molar-refractivity contribution in [2.24, 2.45) is 34.5 Å². The Labute approximate surface area is 309 Å². The average Bonchev–Trinajstić information content (AvgIpc) is 3.44. The summed E-state index contributed by atoms with van der Waals surface area (Å²) < 4.78 is 0. The number of amides is 2. The number of aliphatic hydroxyl groups excluding tert-OH is 1. The second-order valence-electron chi connectivity index (χ2n) is 17.4. The normalized spacial score (nSPS) is 36.6. The second-order valence-corrected chi connectivity index (χ2v) is 17.4. The molecule has 1 aliphatic heterocycles. The van der Waals surface area contributed by atoms with Crippen molar-refractivity contribution in [2.75, 3.05) is 26.2 Å². The van der Waals surface area contributed by atoms with Gasteiger partial charge in [-0.3, -0.25) is 14.5 Å². The van der Waals surface area contributed by atoms with Crippen LogP contribution in [-0.2, 0) is 11.2 Å². The van der Waals surface area contributed by atoms with E-state index < -0.39 is 11.6 Å². The third-order valence-electron chi connectivity index (χ3n) is 15.1. The quantitative estimate of drug-likeness (QED) is 0.272. The molecule has 4 saturated carbocycles. The molecule has 1 saturated heterocycles. The summed E-state index contributed by atoms with van der Waals surface area (Å²) in [4.78, 5) is 32.2. The van der Waals surface area contributed by atoms with Gasteiger partial charge in [-0.2, -0.15) is 0 Å². The van der Waals surface area contributed by atoms with Gasteiger partial charge in [-0.05, 0) is 109 Å². The molecule has 0 bridgehead atoms. The Kier molecular flexibility index (Phi) is 9.25. The van der Waals surface area contributed by atoms with E-state index in [4.69, 9.17) is 6.42 Å². The zero-order valence-electron chi connectivity index (χ0n) is 30.8. The van der Waals surface area contributed by atoms with Gasteiger partial charge in [0, 0.05) is 49.6 Å². The first-order chi connectivity index (χ1) is 25.0. The lowest BCUT2D eigenvalue weighted by Gasteiger charge is -2.63. The lowest BCUT2D eigenvalue weighted by atomic mass is 9.44. The van der Waals surface area contributed by atoms with E-state index in [-0.39, 0.29) is 34.8 Å². The van der Waals surface area contributed by atoms with Gasteiger partial charge in [0.25, 0.3) is 5.91 Å². The fourth-order valence-corrected chi connectivity index (χ4v) is 12.0. The first kappa shape index (κ1) is 35.3. The Balaban J connectivity index is 0.949. The fourth-order valence-electron chi connectivity index (χ4n) is 12.0. The first-order valence-corrected chi connectivity index (χ1v) is 19.8. The van der Waals surface area contributed by atoms with E-state index in [1.54, 1.807) is 0 Å². The summed E-state index contributed by atoms with van der Waals surface area (Å²) >= 11 is 0. The Morgan fingerprint density at radius 2 is 1.62 bits per heavy atom. The number of terminal acetylenes is 1. The Hall–Kier alpha value is -3.70. The standard InChI is InChI=1S/C45H55N3O4/c1-4-45(52)21-19-37-35-17-16-34-28-40(49)39(29-43(34,2)36(35)18-20-44(37,45)3)47-22-24-48(25-23-47)42(51)38(26-30-10-6-5-7-11-30)46-41(50)33-15-14-31-12-8-9-13-32(31)27-33/h1,5-15,27,34-40,49,52H,16-26,28-29H2,2-3H3,(H,46,50)/t34?,35-,36+,37+,38+,39+,40+,43+,44+,45+/m1/s1. The van der Waals surface area contributed by atoms with Crippen LogP contribution in [0.15, 0.2) is 72.8 Å². The monoisotopic (exact) mass is 701 g/mol. The van der Waals surface area contributed by atoms with E-state index in [1.165, 1.54) is 6.42 Å². The molecule has 1 unspecified atom stereocenters. The van der Waals surface area contributed by atoms with Crippen molar-refractivity contribution in [1.29, 1.82) is 0 Å². The molecule has 274 valence electrons. The van der Waals surface area contributed by atoms with Crippen LogP contribution in [0.2, 0.25) is 0 Å². The molecule has 1 heterocycles. The number of aliphatic hydroxyl groups is 2. The highest BCUT2D eigenvalue weighted by atomic mass is 16.3. The number of piperazine rings is 1. The van der Waals surface area contributed by atoms with Gasteiger partial charge < -0.3 is 20.4 Å². The lowest BCUT2D eigenvalue weighted by molar-refractivity contribution is -0.163. The smallest absolute Gasteiger partial charge is 0.251 e. The van der Waals surface area contributed by atoms with Crippen molar-refractivity contribution in [3.05, 3.63) is 83.9 Å². The minimum atomic E-state index is -0.998. The number of nitrogens with zero attached hydrogens (tertiary/aromatic N) is 2. The van der Waals surface area contributed by atoms with Crippen LogP contribution in [-0.4, -0.2) is 81.8 Å². The summed E-state index contributed by atoms with van der Waals surface area (Å²) in [6.07, 6.45) is 13.9. The van der Waals surface area contributed by atoms with E-state index in [0.29, 0.717) is 68.3 Å². The van der Waals surface area contributed by atoms with Gasteiger partial charge in [0.2, 0.25) is 5.91 Å². The van der Waals surface area contributed by atoms with Crippen LogP contribution in [0.25, 0.3) is 10.8 Å². The topological polar surface area (TPSA) is 93.1 Å². The molecule has 0 spiro atoms. The number of hydrogen-bond acceptors (Lipinski definition) is 5. The highest BCUT2D eigenvalue weighted by Crippen LogP contribution is 2.68. The molecule has 7 heteroatoms. The summed E-state index contributed by atoms with van der Waals surface area (Å²) in [5.41, 5.74) is 0.463. The van der Waals surface area contributed by atoms with Crippen LogP contribution in [0.4, 0.5) is 0 Å². The van der Waals surface area contributed by atoms with Gasteiger partial charge in [-0.15, -0.1) is 6.42 Å². The average molecular weight is 702 g/mol. The van der Waals surface area contributed by atoms with Crippen LogP contribution in [0.5, 0.6) is 0 Å². The molecule has 3 N–H and O–H groups in total. The Morgan fingerprint density at radius 3 is 2.37 bits per heavy atom. The van der Waals surface area contributed by atoms with Crippen molar-refractivity contribution in [3.8, 4) is 12.3 Å².